The first-order valence-corrected chi connectivity index (χ1v) is 7.75. The summed E-state index contributed by atoms with van der Waals surface area (Å²) >= 11 is 8.17. The number of hydrogen-bond acceptors (Lipinski definition) is 2. The van der Waals surface area contributed by atoms with Gasteiger partial charge in [0.05, 0.1) is 8.66 Å². The van der Waals surface area contributed by atoms with E-state index in [0.29, 0.717) is 11.4 Å². The predicted octanol–water partition coefficient (Wildman–Crippen LogP) is 4.51. The molecule has 18 heavy (non-hydrogen) atoms. The van der Waals surface area contributed by atoms with Crippen LogP contribution in [0.25, 0.3) is 0 Å². The van der Waals surface area contributed by atoms with Gasteiger partial charge in [-0.15, -0.1) is 11.3 Å². The van der Waals surface area contributed by atoms with Crippen molar-refractivity contribution < 1.29 is 4.79 Å². The Kier molecular flexibility index (Phi) is 4.59. The van der Waals surface area contributed by atoms with Crippen LogP contribution in [-0.2, 0) is 6.54 Å². The van der Waals surface area contributed by atoms with Gasteiger partial charge in [0, 0.05) is 11.0 Å². The van der Waals surface area contributed by atoms with Crippen molar-refractivity contribution in [2.45, 2.75) is 13.5 Å². The molecule has 0 unspecified atom stereocenters. The molecule has 0 bridgehead atoms. The molecule has 1 N–H and O–H groups in total. The van der Waals surface area contributed by atoms with Crippen LogP contribution in [0.2, 0.25) is 0 Å². The number of aryl methyl sites for hydroxylation is 1. The number of amides is 1. The molecule has 1 aromatic heterocycles. The minimum atomic E-state index is -0.0482. The van der Waals surface area contributed by atoms with Crippen molar-refractivity contribution in [3.8, 4) is 0 Å². The molecule has 0 spiro atoms. The smallest absolute Gasteiger partial charge is 0.261 e. The minimum absolute atomic E-state index is 0.0482. The zero-order valence-electron chi connectivity index (χ0n) is 9.67. The SMILES string of the molecule is Cc1cccc(CNC(=O)c2cc(Br)c(Br)s2)c1. The standard InChI is InChI=1S/C13H11Br2NOS/c1-8-3-2-4-9(5-8)7-16-13(17)11-6-10(14)12(15)18-11/h2-6H,7H2,1H3,(H,16,17). The zero-order chi connectivity index (χ0) is 13.1. The van der Waals surface area contributed by atoms with Crippen molar-refractivity contribution in [2.24, 2.45) is 0 Å². The molecule has 0 saturated carbocycles. The van der Waals surface area contributed by atoms with E-state index >= 15 is 0 Å². The molecule has 2 aromatic rings. The summed E-state index contributed by atoms with van der Waals surface area (Å²) in [6, 6.07) is 9.93. The van der Waals surface area contributed by atoms with Crippen molar-refractivity contribution in [1.82, 2.24) is 5.32 Å². The largest absolute Gasteiger partial charge is 0.347 e. The van der Waals surface area contributed by atoms with Gasteiger partial charge >= 0.3 is 0 Å². The second-order valence-electron chi connectivity index (χ2n) is 3.90. The van der Waals surface area contributed by atoms with Crippen LogP contribution in [0.4, 0.5) is 0 Å². The highest BCUT2D eigenvalue weighted by Crippen LogP contribution is 2.32. The molecule has 2 rings (SSSR count). The summed E-state index contributed by atoms with van der Waals surface area (Å²) in [6.07, 6.45) is 0. The Balaban J connectivity index is 2.00. The van der Waals surface area contributed by atoms with Gasteiger partial charge in [0.1, 0.15) is 0 Å². The predicted molar refractivity (Wildman–Crippen MR) is 82.1 cm³/mol. The molecule has 0 radical (unpaired) electrons. The van der Waals surface area contributed by atoms with Gasteiger partial charge in [0.15, 0.2) is 0 Å². The maximum atomic E-state index is 11.9. The highest BCUT2D eigenvalue weighted by atomic mass is 79.9. The summed E-state index contributed by atoms with van der Waals surface area (Å²) in [6.45, 7) is 2.59. The monoisotopic (exact) mass is 387 g/mol. The molecule has 1 heterocycles. The van der Waals surface area contributed by atoms with Gasteiger partial charge in [-0.1, -0.05) is 29.8 Å². The Bertz CT molecular complexity index is 561. The highest BCUT2D eigenvalue weighted by Gasteiger charge is 2.11. The van der Waals surface area contributed by atoms with E-state index in [2.05, 4.69) is 43.2 Å². The fourth-order valence-corrected chi connectivity index (χ4v) is 3.50. The minimum Gasteiger partial charge on any atom is -0.347 e. The van der Waals surface area contributed by atoms with Gasteiger partial charge in [-0.25, -0.2) is 0 Å². The van der Waals surface area contributed by atoms with Crippen LogP contribution in [-0.4, -0.2) is 5.91 Å². The fourth-order valence-electron chi connectivity index (χ4n) is 1.55. The molecular formula is C13H11Br2NOS. The normalized spacial score (nSPS) is 10.4. The van der Waals surface area contributed by atoms with Crippen LogP contribution in [0.15, 0.2) is 38.6 Å². The van der Waals surface area contributed by atoms with Crippen LogP contribution in [0.1, 0.15) is 20.8 Å². The Morgan fingerprint density at radius 1 is 1.33 bits per heavy atom. The fraction of sp³-hybridized carbons (Fsp3) is 0.154. The average Bonchev–Trinajstić information content (AvgIpc) is 2.67. The lowest BCUT2D eigenvalue weighted by Gasteiger charge is -2.04. The summed E-state index contributed by atoms with van der Waals surface area (Å²) in [5, 5.41) is 2.91. The van der Waals surface area contributed by atoms with Gasteiger partial charge in [-0.3, -0.25) is 4.79 Å². The van der Waals surface area contributed by atoms with Crippen molar-refractivity contribution >= 4 is 49.1 Å². The van der Waals surface area contributed by atoms with Gasteiger partial charge in [0.2, 0.25) is 0 Å². The van der Waals surface area contributed by atoms with E-state index in [1.165, 1.54) is 16.9 Å². The molecule has 2 nitrogen and oxygen atoms in total. The summed E-state index contributed by atoms with van der Waals surface area (Å²) < 4.78 is 1.84. The summed E-state index contributed by atoms with van der Waals surface area (Å²) in [7, 11) is 0. The highest BCUT2D eigenvalue weighted by molar-refractivity contribution is 9.13. The van der Waals surface area contributed by atoms with Crippen LogP contribution in [0, 0.1) is 6.92 Å². The van der Waals surface area contributed by atoms with Crippen molar-refractivity contribution in [3.05, 3.63) is 54.6 Å². The van der Waals surface area contributed by atoms with Crippen LogP contribution >= 0.6 is 43.2 Å². The molecular weight excluding hydrogens is 378 g/mol. The van der Waals surface area contributed by atoms with Crippen LogP contribution < -0.4 is 5.32 Å². The van der Waals surface area contributed by atoms with Gasteiger partial charge in [-0.05, 0) is 50.4 Å². The number of benzene rings is 1. The van der Waals surface area contributed by atoms with Crippen molar-refractivity contribution in [1.29, 1.82) is 0 Å². The number of thiophene rings is 1. The summed E-state index contributed by atoms with van der Waals surface area (Å²) in [4.78, 5) is 12.6. The first-order valence-electron chi connectivity index (χ1n) is 5.35. The first-order chi connectivity index (χ1) is 8.56. The number of hydrogen-bond donors (Lipinski definition) is 1. The summed E-state index contributed by atoms with van der Waals surface area (Å²) in [5.41, 5.74) is 2.31. The third kappa shape index (κ3) is 3.43. The maximum Gasteiger partial charge on any atom is 0.261 e. The number of rotatable bonds is 3. The molecule has 1 aromatic carbocycles. The van der Waals surface area contributed by atoms with Gasteiger partial charge < -0.3 is 5.32 Å². The van der Waals surface area contributed by atoms with E-state index < -0.39 is 0 Å². The van der Waals surface area contributed by atoms with Gasteiger partial charge in [-0.2, -0.15) is 0 Å². The molecule has 0 saturated heterocycles. The van der Waals surface area contributed by atoms with E-state index in [9.17, 15) is 4.79 Å². The number of halogens is 2. The molecule has 0 aliphatic rings. The number of nitrogens with one attached hydrogen (secondary N) is 1. The number of carbonyl (C=O) groups is 1. The lowest BCUT2D eigenvalue weighted by atomic mass is 10.1. The average molecular weight is 389 g/mol. The van der Waals surface area contributed by atoms with E-state index in [1.807, 2.05) is 31.2 Å². The maximum absolute atomic E-state index is 11.9. The topological polar surface area (TPSA) is 29.1 Å². The Morgan fingerprint density at radius 3 is 2.72 bits per heavy atom. The Labute approximate surface area is 127 Å². The second-order valence-corrected chi connectivity index (χ2v) is 7.13. The van der Waals surface area contributed by atoms with E-state index in [-0.39, 0.29) is 5.91 Å². The number of carbonyl (C=O) groups excluding carboxylic acids is 1. The molecule has 5 heteroatoms. The van der Waals surface area contributed by atoms with E-state index in [0.717, 1.165) is 13.8 Å². The van der Waals surface area contributed by atoms with Crippen molar-refractivity contribution in [2.75, 3.05) is 0 Å². The van der Waals surface area contributed by atoms with Crippen LogP contribution in [0.5, 0.6) is 0 Å². The zero-order valence-corrected chi connectivity index (χ0v) is 13.7. The lowest BCUT2D eigenvalue weighted by molar-refractivity contribution is 0.0955. The van der Waals surface area contributed by atoms with Gasteiger partial charge in [0.25, 0.3) is 5.91 Å². The quantitative estimate of drug-likeness (QED) is 0.823. The molecule has 94 valence electrons. The molecule has 0 atom stereocenters. The molecule has 0 fully saturated rings. The summed E-state index contributed by atoms with van der Waals surface area (Å²) in [5.74, 6) is -0.0482. The molecule has 1 amide bonds. The second kappa shape index (κ2) is 5.99. The Morgan fingerprint density at radius 2 is 2.11 bits per heavy atom. The van der Waals surface area contributed by atoms with Crippen LogP contribution in [0.3, 0.4) is 0 Å². The van der Waals surface area contributed by atoms with E-state index in [4.69, 9.17) is 0 Å². The van der Waals surface area contributed by atoms with Crippen molar-refractivity contribution in [3.63, 3.8) is 0 Å². The third-order valence-corrected chi connectivity index (χ3v) is 5.66. The molecule has 0 aliphatic heterocycles. The lowest BCUT2D eigenvalue weighted by Crippen LogP contribution is -2.21. The first kappa shape index (κ1) is 13.8. The Hall–Kier alpha value is -0.650. The van der Waals surface area contributed by atoms with E-state index in [1.54, 1.807) is 0 Å². The molecule has 0 aliphatic carbocycles. The third-order valence-electron chi connectivity index (χ3n) is 2.40.